The molecule has 3 aromatic rings. The van der Waals surface area contributed by atoms with Crippen LogP contribution in [0.2, 0.25) is 5.02 Å². The Morgan fingerprint density at radius 1 is 0.917 bits per heavy atom. The number of hydrogen-bond acceptors (Lipinski definition) is 4. The molecule has 0 aliphatic heterocycles. The number of benzene rings is 3. The van der Waals surface area contributed by atoms with Gasteiger partial charge in [0.05, 0.1) is 7.11 Å². The van der Waals surface area contributed by atoms with E-state index in [0.717, 1.165) is 17.5 Å². The van der Waals surface area contributed by atoms with Crippen LogP contribution in [-0.2, 0) is 22.6 Å². The van der Waals surface area contributed by atoms with Gasteiger partial charge in [0.15, 0.2) is 18.1 Å². The van der Waals surface area contributed by atoms with E-state index in [1.807, 2.05) is 68.4 Å². The van der Waals surface area contributed by atoms with E-state index in [-0.39, 0.29) is 31.0 Å². The zero-order chi connectivity index (χ0) is 25.9. The summed E-state index contributed by atoms with van der Waals surface area (Å²) in [6, 6.07) is 23.4. The Hall–Kier alpha value is -3.51. The molecule has 0 saturated heterocycles. The molecular weight excluding hydrogens is 476 g/mol. The summed E-state index contributed by atoms with van der Waals surface area (Å²) in [5.74, 6) is 0.484. The van der Waals surface area contributed by atoms with Crippen LogP contribution in [0.1, 0.15) is 31.4 Å². The third-order valence-electron chi connectivity index (χ3n) is 5.96. The second kappa shape index (κ2) is 13.5. The zero-order valence-corrected chi connectivity index (χ0v) is 21.7. The van der Waals surface area contributed by atoms with E-state index in [0.29, 0.717) is 22.9 Å². The van der Waals surface area contributed by atoms with E-state index in [9.17, 15) is 9.59 Å². The van der Waals surface area contributed by atoms with E-state index >= 15 is 0 Å². The van der Waals surface area contributed by atoms with Crippen molar-refractivity contribution < 1.29 is 19.1 Å². The smallest absolute Gasteiger partial charge is 0.261 e. The maximum absolute atomic E-state index is 13.6. The normalized spacial score (nSPS) is 12.3. The molecule has 2 amide bonds. The monoisotopic (exact) mass is 508 g/mol. The van der Waals surface area contributed by atoms with Gasteiger partial charge in [-0.1, -0.05) is 73.1 Å². The lowest BCUT2D eigenvalue weighted by Crippen LogP contribution is -2.53. The number of rotatable bonds is 12. The highest BCUT2D eigenvalue weighted by Gasteiger charge is 2.31. The van der Waals surface area contributed by atoms with Gasteiger partial charge in [-0.15, -0.1) is 0 Å². The van der Waals surface area contributed by atoms with Gasteiger partial charge in [-0.25, -0.2) is 0 Å². The summed E-state index contributed by atoms with van der Waals surface area (Å²) in [5.41, 5.74) is 1.82. The molecule has 0 aromatic heterocycles. The Labute approximate surface area is 218 Å². The Balaban J connectivity index is 1.92. The number of methoxy groups -OCH3 is 1. The number of hydrogen-bond donors (Lipinski definition) is 1. The van der Waals surface area contributed by atoms with Crippen LogP contribution in [0.15, 0.2) is 78.9 Å². The van der Waals surface area contributed by atoms with Crippen LogP contribution in [0.4, 0.5) is 0 Å². The third kappa shape index (κ3) is 7.75. The summed E-state index contributed by atoms with van der Waals surface area (Å²) in [5, 5.41) is 3.66. The van der Waals surface area contributed by atoms with Crippen LogP contribution in [0.25, 0.3) is 0 Å². The van der Waals surface area contributed by atoms with Crippen molar-refractivity contribution in [2.75, 3.05) is 13.7 Å². The Kier molecular flexibility index (Phi) is 10.2. The van der Waals surface area contributed by atoms with Gasteiger partial charge in [-0.3, -0.25) is 9.59 Å². The summed E-state index contributed by atoms with van der Waals surface area (Å²) in [6.07, 6.45) is 1.16. The molecule has 0 fully saturated rings. The lowest BCUT2D eigenvalue weighted by Gasteiger charge is -2.32. The standard InChI is InChI=1S/C29H33ClN2O4/c1-4-21(2)31-29(34)25(18-22-10-6-5-7-11-22)32(19-23-14-16-24(30)17-15-23)28(33)20-36-27-13-9-8-12-26(27)35-3/h5-17,21,25H,4,18-20H2,1-3H3,(H,31,34)/t21-,25+/m1/s1. The van der Waals surface area contributed by atoms with E-state index < -0.39 is 6.04 Å². The first-order valence-corrected chi connectivity index (χ1v) is 12.4. The van der Waals surface area contributed by atoms with Gasteiger partial charge < -0.3 is 19.7 Å². The molecule has 0 aliphatic rings. The summed E-state index contributed by atoms with van der Waals surface area (Å²) < 4.78 is 11.2. The van der Waals surface area contributed by atoms with Crippen molar-refractivity contribution in [3.8, 4) is 11.5 Å². The minimum Gasteiger partial charge on any atom is -0.493 e. The van der Waals surface area contributed by atoms with Crippen LogP contribution < -0.4 is 14.8 Å². The number of halogens is 1. The molecule has 6 nitrogen and oxygen atoms in total. The molecule has 0 heterocycles. The number of amides is 2. The van der Waals surface area contributed by atoms with E-state index in [4.69, 9.17) is 21.1 Å². The van der Waals surface area contributed by atoms with Crippen molar-refractivity contribution in [3.63, 3.8) is 0 Å². The third-order valence-corrected chi connectivity index (χ3v) is 6.21. The molecule has 0 saturated carbocycles. The van der Waals surface area contributed by atoms with E-state index in [1.165, 1.54) is 0 Å². The largest absolute Gasteiger partial charge is 0.493 e. The second-order valence-corrected chi connectivity index (χ2v) is 9.05. The average molecular weight is 509 g/mol. The molecule has 0 radical (unpaired) electrons. The van der Waals surface area contributed by atoms with Crippen LogP contribution in [0.3, 0.4) is 0 Å². The lowest BCUT2D eigenvalue weighted by molar-refractivity contribution is -0.143. The first kappa shape index (κ1) is 27.1. The van der Waals surface area contributed by atoms with Gasteiger partial charge in [0.25, 0.3) is 5.91 Å². The molecule has 36 heavy (non-hydrogen) atoms. The lowest BCUT2D eigenvalue weighted by atomic mass is 10.0. The maximum atomic E-state index is 13.6. The highest BCUT2D eigenvalue weighted by molar-refractivity contribution is 6.30. The quantitative estimate of drug-likeness (QED) is 0.361. The first-order chi connectivity index (χ1) is 17.4. The van der Waals surface area contributed by atoms with Crippen molar-refractivity contribution in [2.45, 2.75) is 45.3 Å². The summed E-state index contributed by atoms with van der Waals surface area (Å²) in [7, 11) is 1.55. The minimum absolute atomic E-state index is 0.0203. The summed E-state index contributed by atoms with van der Waals surface area (Å²) in [4.78, 5) is 28.7. The fourth-order valence-corrected chi connectivity index (χ4v) is 3.87. The number of carbonyl (C=O) groups is 2. The topological polar surface area (TPSA) is 67.9 Å². The molecule has 0 unspecified atom stereocenters. The second-order valence-electron chi connectivity index (χ2n) is 8.61. The van der Waals surface area contributed by atoms with Crippen molar-refractivity contribution in [3.05, 3.63) is 95.0 Å². The van der Waals surface area contributed by atoms with Crippen molar-refractivity contribution in [1.29, 1.82) is 0 Å². The molecule has 7 heteroatoms. The zero-order valence-electron chi connectivity index (χ0n) is 20.9. The highest BCUT2D eigenvalue weighted by Crippen LogP contribution is 2.26. The number of carbonyl (C=O) groups excluding carboxylic acids is 2. The molecule has 0 spiro atoms. The first-order valence-electron chi connectivity index (χ1n) is 12.0. The van der Waals surface area contributed by atoms with Crippen LogP contribution in [-0.4, -0.2) is 42.5 Å². The summed E-state index contributed by atoms with van der Waals surface area (Å²) in [6.45, 7) is 3.95. The van der Waals surface area contributed by atoms with Crippen LogP contribution in [0.5, 0.6) is 11.5 Å². The summed E-state index contributed by atoms with van der Waals surface area (Å²) >= 11 is 6.07. The van der Waals surface area contributed by atoms with Crippen LogP contribution >= 0.6 is 11.6 Å². The molecule has 0 bridgehead atoms. The molecule has 3 rings (SSSR count). The minimum atomic E-state index is -0.731. The molecule has 190 valence electrons. The van der Waals surface area contributed by atoms with Gasteiger partial charge in [-0.2, -0.15) is 0 Å². The Bertz CT molecular complexity index is 1120. The highest BCUT2D eigenvalue weighted by atomic mass is 35.5. The number of nitrogens with zero attached hydrogens (tertiary/aromatic N) is 1. The Morgan fingerprint density at radius 3 is 2.19 bits per heavy atom. The number of ether oxygens (including phenoxy) is 2. The Morgan fingerprint density at radius 2 is 1.56 bits per heavy atom. The van der Waals surface area contributed by atoms with Crippen LogP contribution in [0, 0.1) is 0 Å². The van der Waals surface area contributed by atoms with Gasteiger partial charge in [-0.05, 0) is 48.7 Å². The van der Waals surface area contributed by atoms with E-state index in [2.05, 4.69) is 5.32 Å². The SMILES string of the molecule is CC[C@@H](C)NC(=O)[C@H](Cc1ccccc1)N(Cc1ccc(Cl)cc1)C(=O)COc1ccccc1OC. The van der Waals surface area contributed by atoms with Gasteiger partial charge in [0, 0.05) is 24.0 Å². The fourth-order valence-electron chi connectivity index (χ4n) is 3.74. The predicted octanol–water partition coefficient (Wildman–Crippen LogP) is 5.28. The number of para-hydroxylation sites is 2. The predicted molar refractivity (Wildman–Crippen MR) is 142 cm³/mol. The average Bonchev–Trinajstić information content (AvgIpc) is 2.90. The molecular formula is C29H33ClN2O4. The number of nitrogens with one attached hydrogen (secondary N) is 1. The van der Waals surface area contributed by atoms with E-state index in [1.54, 1.807) is 36.3 Å². The van der Waals surface area contributed by atoms with Crippen molar-refractivity contribution in [2.24, 2.45) is 0 Å². The van der Waals surface area contributed by atoms with Gasteiger partial charge >= 0.3 is 0 Å². The van der Waals surface area contributed by atoms with Crippen molar-refractivity contribution >= 4 is 23.4 Å². The van der Waals surface area contributed by atoms with Crippen molar-refractivity contribution in [1.82, 2.24) is 10.2 Å². The molecule has 1 N–H and O–H groups in total. The fraction of sp³-hybridized carbons (Fsp3) is 0.310. The molecule has 0 aliphatic carbocycles. The molecule has 3 aromatic carbocycles. The molecule has 2 atom stereocenters. The maximum Gasteiger partial charge on any atom is 0.261 e. The van der Waals surface area contributed by atoms with Gasteiger partial charge in [0.2, 0.25) is 5.91 Å². The van der Waals surface area contributed by atoms with Gasteiger partial charge in [0.1, 0.15) is 6.04 Å².